The smallest absolute Gasteiger partial charge is 0.490 e. The van der Waals surface area contributed by atoms with Crippen LogP contribution in [0.2, 0.25) is 0 Å². The minimum absolute atomic E-state index is 0.0249. The highest BCUT2D eigenvalue weighted by Gasteiger charge is 2.38. The first kappa shape index (κ1) is 63.1. The number of nitrogens with two attached hydrogens (primary N) is 1. The molecule has 0 bridgehead atoms. The fourth-order valence-electron chi connectivity index (χ4n) is 7.12. The maximum Gasteiger partial charge on any atom is 0.490 e. The summed E-state index contributed by atoms with van der Waals surface area (Å²) in [6.07, 6.45) is -3.13. The highest BCUT2D eigenvalue weighted by atomic mass is 19.4. The third-order valence-electron chi connectivity index (χ3n) is 10.8. The number of ketones is 2. The molecule has 4 rings (SSSR count). The molecule has 4 unspecified atom stereocenters. The zero-order valence-corrected chi connectivity index (χ0v) is 43.9. The van der Waals surface area contributed by atoms with Crippen LogP contribution in [0, 0.1) is 39.5 Å². The number of piperidine rings is 2. The Morgan fingerprint density at radius 3 is 1.41 bits per heavy atom. The summed E-state index contributed by atoms with van der Waals surface area (Å²) in [6.45, 7) is 20.7. The molecule has 2 amide bonds. The number of halogens is 3. The number of aliphatic carboxylic acids is 1. The molecule has 2 aliphatic rings. The molecular formula is C51H80F3N3O14. The van der Waals surface area contributed by atoms with Gasteiger partial charge in [0.1, 0.15) is 11.5 Å². The molecule has 2 saturated heterocycles. The molecule has 20 heteroatoms. The first-order valence-corrected chi connectivity index (χ1v) is 23.3. The molecule has 0 spiro atoms. The number of nitrogens with zero attached hydrogens (tertiary/aromatic N) is 2. The van der Waals surface area contributed by atoms with Gasteiger partial charge in [0.05, 0.1) is 20.8 Å². The number of rotatable bonds is 15. The summed E-state index contributed by atoms with van der Waals surface area (Å²) in [4.78, 5) is 85.1. The lowest BCUT2D eigenvalue weighted by molar-refractivity contribution is -0.192. The number of carbonyl (C=O) groups excluding carboxylic acids is 6. The second-order valence-corrected chi connectivity index (χ2v) is 16.0. The molecule has 71 heavy (non-hydrogen) atoms. The highest BCUT2D eigenvalue weighted by molar-refractivity contribution is 5.97. The number of carboxylic acid groups (broad SMARTS) is 1. The molecular weight excluding hydrogens is 936 g/mol. The second-order valence-electron chi connectivity index (χ2n) is 16.0. The van der Waals surface area contributed by atoms with Crippen molar-refractivity contribution in [2.24, 2.45) is 17.6 Å². The molecule has 2 heterocycles. The molecule has 2 aromatic carbocycles. The Hall–Kier alpha value is -5.92. The van der Waals surface area contributed by atoms with Gasteiger partial charge in [-0.1, -0.05) is 42.0 Å². The van der Waals surface area contributed by atoms with Crippen LogP contribution < -0.4 is 15.2 Å². The molecule has 2 aliphatic heterocycles. The van der Waals surface area contributed by atoms with E-state index in [1.807, 2.05) is 60.6 Å². The number of carboxylic acids is 1. The Morgan fingerprint density at radius 1 is 0.746 bits per heavy atom. The van der Waals surface area contributed by atoms with E-state index in [2.05, 4.69) is 0 Å². The average Bonchev–Trinajstić information content (AvgIpc) is 3.34. The van der Waals surface area contributed by atoms with Crippen LogP contribution in [0.4, 0.5) is 22.8 Å². The number of esters is 2. The van der Waals surface area contributed by atoms with Gasteiger partial charge in [-0.2, -0.15) is 13.2 Å². The van der Waals surface area contributed by atoms with Crippen molar-refractivity contribution in [2.45, 2.75) is 154 Å². The molecule has 0 aliphatic carbocycles. The van der Waals surface area contributed by atoms with E-state index < -0.39 is 42.9 Å². The summed E-state index contributed by atoms with van der Waals surface area (Å²) in [5.74, 6) is -2.22. The Labute approximate surface area is 421 Å². The summed E-state index contributed by atoms with van der Waals surface area (Å²) < 4.78 is 74.7. The lowest BCUT2D eigenvalue weighted by atomic mass is 9.90. The summed E-state index contributed by atoms with van der Waals surface area (Å²) in [7, 11) is 4.44. The fraction of sp³-hybridized carbons (Fsp3) is 0.627. The summed E-state index contributed by atoms with van der Waals surface area (Å²) in [5, 5.41) is 7.12. The van der Waals surface area contributed by atoms with Crippen LogP contribution in [-0.2, 0) is 33.3 Å². The maximum atomic E-state index is 12.8. The van der Waals surface area contributed by atoms with Crippen LogP contribution in [0.1, 0.15) is 153 Å². The van der Waals surface area contributed by atoms with E-state index in [0.29, 0.717) is 81.4 Å². The van der Waals surface area contributed by atoms with Crippen molar-refractivity contribution in [3.8, 4) is 11.5 Å². The first-order chi connectivity index (χ1) is 34.3. The number of likely N-dealkylation sites (tertiary alicyclic amines) is 2. The Bertz CT molecular complexity index is 2040. The SMILES string of the molecule is CC.CCCC(=O)OC(C)OC(=O)N1CCCC(CC(=O)c2cc(C)c(C)c(OC)c2)C1.COc1cc(C(=O)CC2CCCN(C(=O)OC(C)OC(=O)CN)C2)cc(C)c1C.O=C(O)C(F)(F)F.[2H]CC.[3H]C. The van der Waals surface area contributed by atoms with Crippen LogP contribution in [0.3, 0.4) is 0 Å². The minimum atomic E-state index is -5.08. The Morgan fingerprint density at radius 2 is 1.10 bits per heavy atom. The van der Waals surface area contributed by atoms with Crippen LogP contribution >= 0.6 is 0 Å². The molecule has 3 N–H and O–H groups in total. The largest absolute Gasteiger partial charge is 0.496 e. The molecule has 2 aromatic rings. The number of amides is 2. The van der Waals surface area contributed by atoms with Gasteiger partial charge in [0.2, 0.25) is 12.6 Å². The van der Waals surface area contributed by atoms with Crippen molar-refractivity contribution in [3.63, 3.8) is 0 Å². The molecule has 2 fully saturated rings. The van der Waals surface area contributed by atoms with Gasteiger partial charge in [-0.3, -0.25) is 19.2 Å². The van der Waals surface area contributed by atoms with Crippen molar-refractivity contribution in [3.05, 3.63) is 57.6 Å². The summed E-state index contributed by atoms with van der Waals surface area (Å²) >= 11 is 0. The lowest BCUT2D eigenvalue weighted by Crippen LogP contribution is -2.42. The monoisotopic (exact) mass is 1020 g/mol. The Balaban J connectivity index is 0. The number of ether oxygens (including phenoxy) is 6. The van der Waals surface area contributed by atoms with E-state index in [4.69, 9.17) is 46.8 Å². The van der Waals surface area contributed by atoms with Crippen molar-refractivity contribution >= 4 is 41.7 Å². The van der Waals surface area contributed by atoms with Crippen LogP contribution in [0.25, 0.3) is 0 Å². The van der Waals surface area contributed by atoms with Gasteiger partial charge in [0, 0.05) is 73.2 Å². The van der Waals surface area contributed by atoms with Crippen molar-refractivity contribution in [2.75, 3.05) is 46.9 Å². The van der Waals surface area contributed by atoms with Gasteiger partial charge >= 0.3 is 36.3 Å². The molecule has 17 nitrogen and oxygen atoms in total. The number of hydrogen-bond acceptors (Lipinski definition) is 14. The number of methoxy groups -OCH3 is 2. The number of alkyl halides is 3. The van der Waals surface area contributed by atoms with Crippen LogP contribution in [-0.4, -0.2) is 122 Å². The van der Waals surface area contributed by atoms with E-state index in [-0.39, 0.29) is 35.9 Å². The summed E-state index contributed by atoms with van der Waals surface area (Å²) in [5.41, 5.74) is 10.5. The quantitative estimate of drug-likeness (QED) is 0.0961. The van der Waals surface area contributed by atoms with E-state index in [1.54, 1.807) is 43.1 Å². The molecule has 0 radical (unpaired) electrons. The van der Waals surface area contributed by atoms with E-state index in [0.717, 1.165) is 47.9 Å². The third kappa shape index (κ3) is 24.2. The van der Waals surface area contributed by atoms with Gasteiger partial charge in [0.25, 0.3) is 0 Å². The van der Waals surface area contributed by atoms with Gasteiger partial charge in [-0.15, -0.1) is 0 Å². The number of aryl methyl sites for hydroxylation is 2. The first-order valence-electron chi connectivity index (χ1n) is 25.0. The standard InChI is InChI=1S/C23H33NO6.C21H30N2O6.C2HF3O2.2C2H6.CH4/c1-6-8-22(26)29-17(4)30-23(27)24-10-7-9-18(14-24)12-20(25)19-11-15(2)16(3)21(13-19)28-5;1-13-8-17(10-19(27-4)14(13)2)18(24)9-16-6-5-7-23(12-16)21(26)29-15(3)28-20(25)11-22;3-2(4,5)1(6)7;2*1-2;/h11,13,17-18H,6-10,12,14H2,1-5H3;8,10,15-16H,5-7,9,11-12,22H2,1-4H3;(H,6,7);2*1-2H3;1H4/i;;;1D;;1T. The van der Waals surface area contributed by atoms with E-state index in [9.17, 15) is 41.9 Å². The van der Waals surface area contributed by atoms with Crippen LogP contribution in [0.15, 0.2) is 24.3 Å². The minimum Gasteiger partial charge on any atom is -0.496 e. The number of benzene rings is 2. The second kappa shape index (κ2) is 34.4. The van der Waals surface area contributed by atoms with Crippen LogP contribution in [0.5, 0.6) is 11.5 Å². The number of hydrogen-bond donors (Lipinski definition) is 2. The van der Waals surface area contributed by atoms with Crippen molar-refractivity contribution in [1.29, 1.82) is 0 Å². The number of Topliss-reactive ketones (excluding diaryl/α,β-unsaturated/α-hetero) is 2. The van der Waals surface area contributed by atoms with Gasteiger partial charge in [-0.25, -0.2) is 14.4 Å². The fourth-order valence-corrected chi connectivity index (χ4v) is 7.12. The highest BCUT2D eigenvalue weighted by Crippen LogP contribution is 2.29. The topological polar surface area (TPSA) is 228 Å². The molecule has 0 aromatic heterocycles. The average molecular weight is 1020 g/mol. The van der Waals surface area contributed by atoms with Gasteiger partial charge in [0.15, 0.2) is 11.6 Å². The van der Waals surface area contributed by atoms with E-state index in [1.165, 1.54) is 21.3 Å². The number of carbonyl (C=O) groups is 7. The van der Waals surface area contributed by atoms with Gasteiger partial charge in [-0.05, 0) is 118 Å². The lowest BCUT2D eigenvalue weighted by Gasteiger charge is -2.32. The van der Waals surface area contributed by atoms with Crippen molar-refractivity contribution < 1.29 is 83.0 Å². The predicted octanol–water partition coefficient (Wildman–Crippen LogP) is 10.3. The maximum absolute atomic E-state index is 12.8. The summed E-state index contributed by atoms with van der Waals surface area (Å²) in [6, 6.07) is 7.32. The third-order valence-corrected chi connectivity index (χ3v) is 10.8. The molecule has 0 saturated carbocycles. The van der Waals surface area contributed by atoms with Crippen molar-refractivity contribution in [1.82, 2.24) is 9.80 Å². The van der Waals surface area contributed by atoms with Gasteiger partial charge < -0.3 is 49.1 Å². The zero-order chi connectivity index (χ0) is 56.6. The Kier molecular flexibility index (Phi) is 30.6. The normalized spacial score (nSPS) is 16.0. The predicted molar refractivity (Wildman–Crippen MR) is 263 cm³/mol. The van der Waals surface area contributed by atoms with E-state index >= 15 is 0 Å². The molecule has 4 atom stereocenters. The zero-order valence-electron chi connectivity index (χ0n) is 45.9. The molecule has 404 valence electrons.